The van der Waals surface area contributed by atoms with Crippen LogP contribution in [0.4, 0.5) is 0 Å². The highest BCUT2D eigenvalue weighted by atomic mass is 32.2. The minimum Gasteiger partial charge on any atom is -0.339 e. The second-order valence-electron chi connectivity index (χ2n) is 6.63. The van der Waals surface area contributed by atoms with E-state index in [0.717, 1.165) is 52.8 Å². The predicted octanol–water partition coefficient (Wildman–Crippen LogP) is 3.94. The number of amides is 1. The summed E-state index contributed by atoms with van der Waals surface area (Å²) in [5.41, 5.74) is 7.89. The molecule has 0 radical (unpaired) electrons. The highest BCUT2D eigenvalue weighted by Gasteiger charge is 2.26. The van der Waals surface area contributed by atoms with Gasteiger partial charge in [-0.3, -0.25) is 4.79 Å². The van der Waals surface area contributed by atoms with Gasteiger partial charge in [0.2, 0.25) is 0 Å². The van der Waals surface area contributed by atoms with E-state index in [1.165, 1.54) is 0 Å². The number of piperidine rings is 1. The van der Waals surface area contributed by atoms with E-state index in [1.54, 1.807) is 23.1 Å². The third kappa shape index (κ3) is 4.63. The van der Waals surface area contributed by atoms with E-state index in [9.17, 15) is 4.79 Å². The Kier molecular flexibility index (Phi) is 6.15. The summed E-state index contributed by atoms with van der Waals surface area (Å²) in [5, 5.41) is 3.17. The maximum Gasteiger partial charge on any atom is 0.254 e. The molecule has 2 N–H and O–H groups in total. The van der Waals surface area contributed by atoms with Gasteiger partial charge in [0.25, 0.3) is 5.91 Å². The number of carbonyl (C=O) groups is 1. The summed E-state index contributed by atoms with van der Waals surface area (Å²) >= 11 is 3.35. The van der Waals surface area contributed by atoms with Crippen molar-refractivity contribution in [2.75, 3.05) is 13.1 Å². The SMILES string of the molecule is Cc1nc(CSc2ccccc2C(=O)N2CCC(C(C)N)CC2)cs1. The van der Waals surface area contributed by atoms with Crippen molar-refractivity contribution in [3.05, 3.63) is 45.9 Å². The summed E-state index contributed by atoms with van der Waals surface area (Å²) in [6.45, 7) is 5.68. The van der Waals surface area contributed by atoms with Gasteiger partial charge in [-0.2, -0.15) is 0 Å². The van der Waals surface area contributed by atoms with Crippen LogP contribution in [0.1, 0.15) is 40.8 Å². The molecule has 0 bridgehead atoms. The monoisotopic (exact) mass is 375 g/mol. The van der Waals surface area contributed by atoms with Crippen LogP contribution in [0.15, 0.2) is 34.5 Å². The molecule has 134 valence electrons. The van der Waals surface area contributed by atoms with E-state index in [2.05, 4.69) is 17.3 Å². The molecule has 3 rings (SSSR count). The number of thioether (sulfide) groups is 1. The van der Waals surface area contributed by atoms with Crippen LogP contribution in [0.3, 0.4) is 0 Å². The Hall–Kier alpha value is -1.37. The first-order valence-corrected chi connectivity index (χ1v) is 10.6. The third-order valence-corrected chi connectivity index (χ3v) is 6.66. The van der Waals surface area contributed by atoms with E-state index < -0.39 is 0 Å². The Morgan fingerprint density at radius 2 is 2.12 bits per heavy atom. The van der Waals surface area contributed by atoms with E-state index in [0.29, 0.717) is 5.92 Å². The number of hydrogen-bond donors (Lipinski definition) is 1. The van der Waals surface area contributed by atoms with Crippen molar-refractivity contribution in [2.24, 2.45) is 11.7 Å². The Morgan fingerprint density at radius 1 is 1.40 bits per heavy atom. The number of benzene rings is 1. The highest BCUT2D eigenvalue weighted by Crippen LogP contribution is 2.29. The van der Waals surface area contributed by atoms with Crippen molar-refractivity contribution in [2.45, 2.75) is 43.4 Å². The molecule has 0 aliphatic carbocycles. The van der Waals surface area contributed by atoms with Crippen LogP contribution in [-0.4, -0.2) is 34.9 Å². The smallest absolute Gasteiger partial charge is 0.254 e. The van der Waals surface area contributed by atoms with Crippen LogP contribution in [0.25, 0.3) is 0 Å². The molecule has 25 heavy (non-hydrogen) atoms. The number of aryl methyl sites for hydroxylation is 1. The molecule has 1 fully saturated rings. The molecule has 6 heteroatoms. The van der Waals surface area contributed by atoms with Gasteiger partial charge in [-0.15, -0.1) is 23.1 Å². The molecular formula is C19H25N3OS2. The predicted molar refractivity (Wildman–Crippen MR) is 105 cm³/mol. The first-order chi connectivity index (χ1) is 12.0. The molecule has 2 heterocycles. The topological polar surface area (TPSA) is 59.2 Å². The number of hydrogen-bond acceptors (Lipinski definition) is 5. The second kappa shape index (κ2) is 8.34. The van der Waals surface area contributed by atoms with Gasteiger partial charge in [0.1, 0.15) is 0 Å². The summed E-state index contributed by atoms with van der Waals surface area (Å²) in [6.07, 6.45) is 1.99. The second-order valence-corrected chi connectivity index (χ2v) is 8.71. The molecule has 0 spiro atoms. The molecule has 1 amide bonds. The summed E-state index contributed by atoms with van der Waals surface area (Å²) in [5.74, 6) is 1.46. The third-order valence-electron chi connectivity index (χ3n) is 4.73. The van der Waals surface area contributed by atoms with Gasteiger partial charge in [0.05, 0.1) is 16.3 Å². The molecule has 1 aliphatic heterocycles. The molecule has 1 aromatic carbocycles. The molecule has 2 aromatic rings. The lowest BCUT2D eigenvalue weighted by molar-refractivity contribution is 0.0677. The van der Waals surface area contributed by atoms with Crippen molar-refractivity contribution in [1.29, 1.82) is 0 Å². The van der Waals surface area contributed by atoms with Gasteiger partial charge >= 0.3 is 0 Å². The first-order valence-electron chi connectivity index (χ1n) is 8.72. The molecule has 1 aliphatic rings. The fourth-order valence-corrected chi connectivity index (χ4v) is 4.85. The van der Waals surface area contributed by atoms with Gasteiger partial charge in [-0.05, 0) is 44.7 Å². The lowest BCUT2D eigenvalue weighted by atomic mass is 9.90. The fourth-order valence-electron chi connectivity index (χ4n) is 3.19. The quantitative estimate of drug-likeness (QED) is 0.804. The molecule has 4 nitrogen and oxygen atoms in total. The van der Waals surface area contributed by atoms with Crippen LogP contribution >= 0.6 is 23.1 Å². The summed E-state index contributed by atoms with van der Waals surface area (Å²) in [7, 11) is 0. The Labute approximate surface area is 157 Å². The molecular weight excluding hydrogens is 350 g/mol. The Bertz CT molecular complexity index is 721. The lowest BCUT2D eigenvalue weighted by Gasteiger charge is -2.34. The van der Waals surface area contributed by atoms with Crippen molar-refractivity contribution in [3.63, 3.8) is 0 Å². The van der Waals surface area contributed by atoms with Gasteiger partial charge in [-0.1, -0.05) is 12.1 Å². The normalized spacial score (nSPS) is 16.8. The van der Waals surface area contributed by atoms with Gasteiger partial charge in [-0.25, -0.2) is 4.98 Å². The zero-order chi connectivity index (χ0) is 17.8. The van der Waals surface area contributed by atoms with Gasteiger partial charge in [0, 0.05) is 35.2 Å². The maximum atomic E-state index is 13.0. The number of likely N-dealkylation sites (tertiary alicyclic amines) is 1. The van der Waals surface area contributed by atoms with Crippen LogP contribution in [0.5, 0.6) is 0 Å². The summed E-state index contributed by atoms with van der Waals surface area (Å²) in [6, 6.07) is 8.12. The zero-order valence-electron chi connectivity index (χ0n) is 14.8. The number of thiazole rings is 1. The molecule has 1 atom stereocenters. The molecule has 0 saturated carbocycles. The standard InChI is InChI=1S/C19H25N3OS2/c1-13(20)15-7-9-22(10-8-15)19(23)17-5-3-4-6-18(17)25-12-16-11-24-14(2)21-16/h3-6,11,13,15H,7-10,12,20H2,1-2H3. The minimum atomic E-state index is 0.140. The maximum absolute atomic E-state index is 13.0. The molecule has 1 saturated heterocycles. The number of aromatic nitrogens is 1. The molecule has 1 unspecified atom stereocenters. The fraction of sp³-hybridized carbons (Fsp3) is 0.474. The van der Waals surface area contributed by atoms with E-state index in [-0.39, 0.29) is 11.9 Å². The number of carbonyl (C=O) groups excluding carboxylic acids is 1. The summed E-state index contributed by atoms with van der Waals surface area (Å²) < 4.78 is 0. The van der Waals surface area contributed by atoms with Crippen molar-refractivity contribution in [1.82, 2.24) is 9.88 Å². The van der Waals surface area contributed by atoms with Crippen LogP contribution in [0, 0.1) is 12.8 Å². The Balaban J connectivity index is 1.66. The number of nitrogens with zero attached hydrogens (tertiary/aromatic N) is 2. The van der Waals surface area contributed by atoms with Crippen LogP contribution in [0.2, 0.25) is 0 Å². The van der Waals surface area contributed by atoms with Gasteiger partial charge in [0.15, 0.2) is 0 Å². The van der Waals surface area contributed by atoms with Crippen LogP contribution in [-0.2, 0) is 5.75 Å². The van der Waals surface area contributed by atoms with Crippen molar-refractivity contribution >= 4 is 29.0 Å². The zero-order valence-corrected chi connectivity index (χ0v) is 16.4. The number of rotatable bonds is 5. The van der Waals surface area contributed by atoms with Gasteiger partial charge < -0.3 is 10.6 Å². The Morgan fingerprint density at radius 3 is 2.76 bits per heavy atom. The largest absolute Gasteiger partial charge is 0.339 e. The van der Waals surface area contributed by atoms with E-state index >= 15 is 0 Å². The van der Waals surface area contributed by atoms with E-state index in [4.69, 9.17) is 5.73 Å². The number of nitrogens with two attached hydrogens (primary N) is 1. The van der Waals surface area contributed by atoms with Crippen LogP contribution < -0.4 is 5.73 Å². The minimum absolute atomic E-state index is 0.140. The average Bonchev–Trinajstić information content (AvgIpc) is 3.05. The lowest BCUT2D eigenvalue weighted by Crippen LogP contribution is -2.42. The first kappa shape index (κ1) is 18.4. The summed E-state index contributed by atoms with van der Waals surface area (Å²) in [4.78, 5) is 20.5. The van der Waals surface area contributed by atoms with Crippen molar-refractivity contribution < 1.29 is 4.79 Å². The van der Waals surface area contributed by atoms with E-state index in [1.807, 2.05) is 36.1 Å². The van der Waals surface area contributed by atoms with Crippen molar-refractivity contribution in [3.8, 4) is 0 Å². The highest BCUT2D eigenvalue weighted by molar-refractivity contribution is 7.98. The molecule has 1 aromatic heterocycles. The average molecular weight is 376 g/mol.